The number of nitrogens with zero attached hydrogens (tertiary/aromatic N) is 2. The first-order chi connectivity index (χ1) is 9.01. The molecule has 0 aromatic carbocycles. The Bertz CT molecular complexity index is 422. The van der Waals surface area contributed by atoms with Crippen molar-refractivity contribution in [3.05, 3.63) is 0 Å². The van der Waals surface area contributed by atoms with Gasteiger partial charge in [0.1, 0.15) is 0 Å². The normalized spacial score (nSPS) is 33.1. The fraction of sp³-hybridized carbons (Fsp3) is 0.857. The Hall–Kier alpha value is -1.13. The summed E-state index contributed by atoms with van der Waals surface area (Å²) in [4.78, 5) is 27.9. The Kier molecular flexibility index (Phi) is 2.84. The minimum Gasteiger partial charge on any atom is -0.341 e. The summed E-state index contributed by atoms with van der Waals surface area (Å²) in [6, 6.07) is 0. The van der Waals surface area contributed by atoms with Gasteiger partial charge in [-0.25, -0.2) is 4.39 Å². The van der Waals surface area contributed by atoms with E-state index in [2.05, 4.69) is 0 Å². The summed E-state index contributed by atoms with van der Waals surface area (Å²) >= 11 is 0. The Morgan fingerprint density at radius 1 is 1.32 bits per heavy atom. The number of likely N-dealkylation sites (N-methyl/N-ethyl adjacent to an activating group) is 1. The van der Waals surface area contributed by atoms with Crippen LogP contribution in [0.3, 0.4) is 0 Å². The Balaban J connectivity index is 1.85. The van der Waals surface area contributed by atoms with E-state index in [1.54, 1.807) is 9.80 Å². The lowest BCUT2D eigenvalue weighted by Gasteiger charge is -2.45. The van der Waals surface area contributed by atoms with E-state index in [9.17, 15) is 14.0 Å². The highest BCUT2D eigenvalue weighted by Crippen LogP contribution is 2.46. The number of alkyl halides is 1. The van der Waals surface area contributed by atoms with E-state index in [0.29, 0.717) is 38.9 Å². The first-order valence-electron chi connectivity index (χ1n) is 7.30. The molecule has 1 atom stereocenters. The number of rotatable bonds is 2. The molecule has 0 aromatic rings. The summed E-state index contributed by atoms with van der Waals surface area (Å²) in [6.45, 7) is 3.81. The van der Waals surface area contributed by atoms with Crippen LogP contribution in [0.5, 0.6) is 0 Å². The summed E-state index contributed by atoms with van der Waals surface area (Å²) < 4.78 is 14.1. The number of halogens is 1. The third-order valence-corrected chi connectivity index (χ3v) is 4.86. The third-order valence-electron chi connectivity index (χ3n) is 4.86. The van der Waals surface area contributed by atoms with Crippen LogP contribution in [0.2, 0.25) is 0 Å². The first-order valence-corrected chi connectivity index (χ1v) is 7.30. The fourth-order valence-electron chi connectivity index (χ4n) is 3.51. The Morgan fingerprint density at radius 2 is 2.05 bits per heavy atom. The lowest BCUT2D eigenvalue weighted by Crippen LogP contribution is -2.58. The van der Waals surface area contributed by atoms with Crippen LogP contribution in [-0.4, -0.2) is 52.5 Å². The van der Waals surface area contributed by atoms with E-state index in [1.807, 2.05) is 6.92 Å². The number of hydrogen-bond acceptors (Lipinski definition) is 2. The largest absolute Gasteiger partial charge is 0.341 e. The molecule has 19 heavy (non-hydrogen) atoms. The SMILES string of the molecule is CCN1CC2(CCCCN2C(=O)C2(F)CC2)CC1=O. The third kappa shape index (κ3) is 1.94. The summed E-state index contributed by atoms with van der Waals surface area (Å²) in [5.74, 6) is -0.260. The maximum absolute atomic E-state index is 14.1. The Labute approximate surface area is 112 Å². The predicted octanol–water partition coefficient (Wildman–Crippen LogP) is 1.49. The van der Waals surface area contributed by atoms with Crippen molar-refractivity contribution >= 4 is 11.8 Å². The molecule has 3 aliphatic rings. The molecule has 1 spiro atoms. The lowest BCUT2D eigenvalue weighted by atomic mass is 9.85. The molecule has 2 saturated heterocycles. The molecule has 0 aromatic heterocycles. The minimum atomic E-state index is -1.62. The molecule has 0 bridgehead atoms. The van der Waals surface area contributed by atoms with E-state index >= 15 is 0 Å². The summed E-state index contributed by atoms with van der Waals surface area (Å²) in [5.41, 5.74) is -2.04. The number of amides is 2. The van der Waals surface area contributed by atoms with Crippen LogP contribution in [0, 0.1) is 0 Å². The maximum atomic E-state index is 14.1. The lowest BCUT2D eigenvalue weighted by molar-refractivity contribution is -0.146. The van der Waals surface area contributed by atoms with Crippen LogP contribution < -0.4 is 0 Å². The molecular formula is C14H21FN2O2. The summed E-state index contributed by atoms with van der Waals surface area (Å²) in [6.07, 6.45) is 3.85. The summed E-state index contributed by atoms with van der Waals surface area (Å²) in [5, 5.41) is 0. The van der Waals surface area contributed by atoms with Gasteiger partial charge in [-0.15, -0.1) is 0 Å². The molecule has 1 saturated carbocycles. The van der Waals surface area contributed by atoms with Gasteiger partial charge in [-0.3, -0.25) is 9.59 Å². The standard InChI is InChI=1S/C14H21FN2O2/c1-2-16-10-13(9-11(16)18)5-3-4-8-17(13)12(19)14(15)6-7-14/h2-10H2,1H3. The average Bonchev–Trinajstić information content (AvgIpc) is 3.07. The van der Waals surface area contributed by atoms with Gasteiger partial charge in [0.2, 0.25) is 5.91 Å². The van der Waals surface area contributed by atoms with Crippen LogP contribution in [0.25, 0.3) is 0 Å². The molecule has 2 heterocycles. The molecule has 3 fully saturated rings. The van der Waals surface area contributed by atoms with Gasteiger partial charge < -0.3 is 9.80 Å². The number of likely N-dealkylation sites (tertiary alicyclic amines) is 2. The fourth-order valence-corrected chi connectivity index (χ4v) is 3.51. The van der Waals surface area contributed by atoms with Crippen molar-refractivity contribution in [1.29, 1.82) is 0 Å². The van der Waals surface area contributed by atoms with E-state index in [4.69, 9.17) is 0 Å². The smallest absolute Gasteiger partial charge is 0.260 e. The molecule has 0 radical (unpaired) electrons. The van der Waals surface area contributed by atoms with E-state index < -0.39 is 11.2 Å². The zero-order valence-electron chi connectivity index (χ0n) is 11.5. The van der Waals surface area contributed by atoms with Crippen molar-refractivity contribution in [2.24, 2.45) is 0 Å². The maximum Gasteiger partial charge on any atom is 0.260 e. The van der Waals surface area contributed by atoms with Gasteiger partial charge in [-0.2, -0.15) is 0 Å². The van der Waals surface area contributed by atoms with E-state index in [1.165, 1.54) is 0 Å². The van der Waals surface area contributed by atoms with Gasteiger partial charge in [0.15, 0.2) is 5.67 Å². The minimum absolute atomic E-state index is 0.103. The van der Waals surface area contributed by atoms with Crippen LogP contribution in [0.1, 0.15) is 45.4 Å². The van der Waals surface area contributed by atoms with Crippen molar-refractivity contribution in [1.82, 2.24) is 9.80 Å². The van der Waals surface area contributed by atoms with Crippen molar-refractivity contribution in [3.8, 4) is 0 Å². The van der Waals surface area contributed by atoms with Crippen molar-refractivity contribution in [2.45, 2.75) is 56.7 Å². The monoisotopic (exact) mass is 268 g/mol. The number of hydrogen-bond donors (Lipinski definition) is 0. The van der Waals surface area contributed by atoms with Gasteiger partial charge in [-0.1, -0.05) is 0 Å². The molecule has 2 amide bonds. The molecule has 5 heteroatoms. The second-order valence-electron chi connectivity index (χ2n) is 6.19. The van der Waals surface area contributed by atoms with Gasteiger partial charge in [0, 0.05) is 19.6 Å². The van der Waals surface area contributed by atoms with Crippen LogP contribution in [0.4, 0.5) is 4.39 Å². The second-order valence-corrected chi connectivity index (χ2v) is 6.19. The zero-order chi connectivity index (χ0) is 13.7. The van der Waals surface area contributed by atoms with E-state index in [0.717, 1.165) is 19.3 Å². The van der Waals surface area contributed by atoms with Crippen LogP contribution in [-0.2, 0) is 9.59 Å². The topological polar surface area (TPSA) is 40.6 Å². The quantitative estimate of drug-likeness (QED) is 0.761. The number of piperidine rings is 1. The van der Waals surface area contributed by atoms with Crippen molar-refractivity contribution in [3.63, 3.8) is 0 Å². The zero-order valence-corrected chi connectivity index (χ0v) is 11.5. The molecule has 4 nitrogen and oxygen atoms in total. The van der Waals surface area contributed by atoms with Crippen LogP contribution >= 0.6 is 0 Å². The van der Waals surface area contributed by atoms with Gasteiger partial charge in [0.05, 0.1) is 12.0 Å². The molecule has 106 valence electrons. The predicted molar refractivity (Wildman–Crippen MR) is 68.2 cm³/mol. The molecular weight excluding hydrogens is 247 g/mol. The van der Waals surface area contributed by atoms with Crippen molar-refractivity contribution < 1.29 is 14.0 Å². The van der Waals surface area contributed by atoms with Crippen molar-refractivity contribution in [2.75, 3.05) is 19.6 Å². The Morgan fingerprint density at radius 3 is 2.63 bits per heavy atom. The molecule has 1 aliphatic carbocycles. The van der Waals surface area contributed by atoms with Gasteiger partial charge in [-0.05, 0) is 39.0 Å². The first kappa shape index (κ1) is 12.9. The highest BCUT2D eigenvalue weighted by Gasteiger charge is 2.58. The number of carbonyl (C=O) groups is 2. The second kappa shape index (κ2) is 4.18. The molecule has 1 unspecified atom stereocenters. The number of carbonyl (C=O) groups excluding carboxylic acids is 2. The molecule has 3 rings (SSSR count). The average molecular weight is 268 g/mol. The highest BCUT2D eigenvalue weighted by atomic mass is 19.1. The van der Waals surface area contributed by atoms with Crippen LogP contribution in [0.15, 0.2) is 0 Å². The van der Waals surface area contributed by atoms with Gasteiger partial charge in [0.25, 0.3) is 5.91 Å². The highest BCUT2D eigenvalue weighted by molar-refractivity contribution is 5.90. The molecule has 2 aliphatic heterocycles. The van der Waals surface area contributed by atoms with Gasteiger partial charge >= 0.3 is 0 Å². The molecule has 0 N–H and O–H groups in total. The summed E-state index contributed by atoms with van der Waals surface area (Å²) in [7, 11) is 0. The van der Waals surface area contributed by atoms with E-state index in [-0.39, 0.29) is 11.8 Å².